The summed E-state index contributed by atoms with van der Waals surface area (Å²) in [5.41, 5.74) is 1.39. The summed E-state index contributed by atoms with van der Waals surface area (Å²) >= 11 is 1.94. The Bertz CT molecular complexity index is 394. The van der Waals surface area contributed by atoms with Crippen molar-refractivity contribution in [3.05, 3.63) is 23.8 Å². The van der Waals surface area contributed by atoms with Crippen molar-refractivity contribution in [2.45, 2.75) is 37.0 Å². The van der Waals surface area contributed by atoms with E-state index in [0.717, 1.165) is 12.3 Å². The van der Waals surface area contributed by atoms with Crippen molar-refractivity contribution < 1.29 is 4.74 Å². The molecule has 1 aliphatic heterocycles. The standard InChI is InChI=1S/C14H21NOS/c1-5-15-13-9(2)10(3)17-14-11(13)7-6-8-12(14)16-4/h6-10,13,15H,5H2,1-4H3. The topological polar surface area (TPSA) is 21.3 Å². The zero-order valence-electron chi connectivity index (χ0n) is 11.0. The van der Waals surface area contributed by atoms with Crippen molar-refractivity contribution in [1.29, 1.82) is 0 Å². The van der Waals surface area contributed by atoms with Crippen LogP contribution in [0.3, 0.4) is 0 Å². The first-order valence-electron chi connectivity index (χ1n) is 6.26. The number of benzene rings is 1. The molecule has 0 saturated heterocycles. The van der Waals surface area contributed by atoms with Gasteiger partial charge in [0.15, 0.2) is 0 Å². The van der Waals surface area contributed by atoms with Gasteiger partial charge in [0.1, 0.15) is 5.75 Å². The molecule has 17 heavy (non-hydrogen) atoms. The number of rotatable bonds is 3. The fourth-order valence-electron chi connectivity index (χ4n) is 2.43. The maximum absolute atomic E-state index is 5.47. The molecule has 2 rings (SSSR count). The quantitative estimate of drug-likeness (QED) is 0.888. The van der Waals surface area contributed by atoms with Gasteiger partial charge in [-0.2, -0.15) is 0 Å². The molecule has 0 saturated carbocycles. The summed E-state index contributed by atoms with van der Waals surface area (Å²) in [7, 11) is 1.75. The summed E-state index contributed by atoms with van der Waals surface area (Å²) in [5.74, 6) is 1.65. The van der Waals surface area contributed by atoms with Gasteiger partial charge in [-0.3, -0.25) is 0 Å². The highest BCUT2D eigenvalue weighted by Crippen LogP contribution is 2.47. The number of thioether (sulfide) groups is 1. The molecule has 1 N–H and O–H groups in total. The minimum absolute atomic E-state index is 0.446. The van der Waals surface area contributed by atoms with Crippen molar-refractivity contribution in [1.82, 2.24) is 5.32 Å². The van der Waals surface area contributed by atoms with Gasteiger partial charge in [-0.1, -0.05) is 32.9 Å². The molecule has 0 spiro atoms. The average Bonchev–Trinajstić information content (AvgIpc) is 2.34. The predicted octanol–water partition coefficient (Wildman–Crippen LogP) is 3.48. The highest BCUT2D eigenvalue weighted by molar-refractivity contribution is 8.00. The Labute approximate surface area is 108 Å². The third-order valence-electron chi connectivity index (χ3n) is 3.56. The summed E-state index contributed by atoms with van der Waals surface area (Å²) < 4.78 is 5.47. The molecule has 0 radical (unpaired) electrons. The number of hydrogen-bond donors (Lipinski definition) is 1. The first-order valence-corrected chi connectivity index (χ1v) is 7.14. The molecule has 1 aliphatic rings. The van der Waals surface area contributed by atoms with Gasteiger partial charge >= 0.3 is 0 Å². The fraction of sp³-hybridized carbons (Fsp3) is 0.571. The van der Waals surface area contributed by atoms with Gasteiger partial charge in [-0.25, -0.2) is 0 Å². The first-order chi connectivity index (χ1) is 8.19. The summed E-state index contributed by atoms with van der Waals surface area (Å²) in [6, 6.07) is 6.81. The Morgan fingerprint density at radius 3 is 2.76 bits per heavy atom. The van der Waals surface area contributed by atoms with Crippen molar-refractivity contribution in [3.63, 3.8) is 0 Å². The van der Waals surface area contributed by atoms with Gasteiger partial charge in [0.2, 0.25) is 0 Å². The first kappa shape index (κ1) is 12.8. The van der Waals surface area contributed by atoms with E-state index in [1.54, 1.807) is 7.11 Å². The van der Waals surface area contributed by atoms with E-state index in [1.807, 2.05) is 11.8 Å². The SMILES string of the molecule is CCNC1c2cccc(OC)c2SC(C)C1C. The normalized spacial score (nSPS) is 27.6. The Morgan fingerprint density at radius 1 is 1.35 bits per heavy atom. The molecule has 0 aliphatic carbocycles. The van der Waals surface area contributed by atoms with Crippen LogP contribution in [-0.4, -0.2) is 18.9 Å². The average molecular weight is 251 g/mol. The number of fused-ring (bicyclic) bond motifs is 1. The largest absolute Gasteiger partial charge is 0.496 e. The molecular weight excluding hydrogens is 230 g/mol. The van der Waals surface area contributed by atoms with E-state index in [1.165, 1.54) is 10.5 Å². The van der Waals surface area contributed by atoms with Crippen LogP contribution in [0.25, 0.3) is 0 Å². The number of nitrogens with one attached hydrogen (secondary N) is 1. The van der Waals surface area contributed by atoms with Crippen molar-refractivity contribution >= 4 is 11.8 Å². The highest BCUT2D eigenvalue weighted by atomic mass is 32.2. The van der Waals surface area contributed by atoms with E-state index in [9.17, 15) is 0 Å². The van der Waals surface area contributed by atoms with E-state index >= 15 is 0 Å². The molecule has 0 fully saturated rings. The van der Waals surface area contributed by atoms with Gasteiger partial charge < -0.3 is 10.1 Å². The van der Waals surface area contributed by atoms with E-state index < -0.39 is 0 Å². The highest BCUT2D eigenvalue weighted by Gasteiger charge is 2.33. The molecule has 1 aromatic carbocycles. The van der Waals surface area contributed by atoms with Crippen LogP contribution < -0.4 is 10.1 Å². The maximum atomic E-state index is 5.47. The molecule has 0 aromatic heterocycles. The Kier molecular flexibility index (Phi) is 4.00. The van der Waals surface area contributed by atoms with Crippen molar-refractivity contribution in [3.8, 4) is 5.75 Å². The second kappa shape index (κ2) is 5.32. The lowest BCUT2D eigenvalue weighted by Crippen LogP contribution is -2.34. The molecule has 0 amide bonds. The molecule has 2 nitrogen and oxygen atoms in total. The van der Waals surface area contributed by atoms with Crippen LogP contribution in [0.1, 0.15) is 32.4 Å². The van der Waals surface area contributed by atoms with Gasteiger partial charge in [-0.05, 0) is 24.1 Å². The Hall–Kier alpha value is -0.670. The lowest BCUT2D eigenvalue weighted by molar-refractivity contribution is 0.365. The van der Waals surface area contributed by atoms with Crippen LogP contribution in [0.2, 0.25) is 0 Å². The Morgan fingerprint density at radius 2 is 2.12 bits per heavy atom. The van der Waals surface area contributed by atoms with Crippen molar-refractivity contribution in [2.24, 2.45) is 5.92 Å². The molecule has 3 atom stereocenters. The molecule has 3 unspecified atom stereocenters. The van der Waals surface area contributed by atoms with Crippen LogP contribution in [0, 0.1) is 5.92 Å². The molecule has 1 heterocycles. The van der Waals surface area contributed by atoms with Crippen LogP contribution in [0.5, 0.6) is 5.75 Å². The van der Waals surface area contributed by atoms with Crippen LogP contribution >= 0.6 is 11.8 Å². The second-order valence-corrected chi connectivity index (χ2v) is 5.98. The Balaban J connectivity index is 2.44. The van der Waals surface area contributed by atoms with Crippen LogP contribution in [0.15, 0.2) is 23.1 Å². The third-order valence-corrected chi connectivity index (χ3v) is 5.03. The maximum Gasteiger partial charge on any atom is 0.132 e. The minimum atomic E-state index is 0.446. The zero-order chi connectivity index (χ0) is 12.4. The van der Waals surface area contributed by atoms with Gasteiger partial charge in [0.25, 0.3) is 0 Å². The second-order valence-electron chi connectivity index (χ2n) is 4.60. The zero-order valence-corrected chi connectivity index (χ0v) is 11.8. The summed E-state index contributed by atoms with van der Waals surface area (Å²) in [6.45, 7) is 7.80. The lowest BCUT2D eigenvalue weighted by atomic mass is 9.91. The molecule has 3 heteroatoms. The molecule has 0 bridgehead atoms. The minimum Gasteiger partial charge on any atom is -0.496 e. The smallest absolute Gasteiger partial charge is 0.132 e. The summed E-state index contributed by atoms with van der Waals surface area (Å²) in [6.07, 6.45) is 0. The molecular formula is C14H21NOS. The van der Waals surface area contributed by atoms with E-state index in [0.29, 0.717) is 17.2 Å². The fourth-order valence-corrected chi connectivity index (χ4v) is 3.77. The number of ether oxygens (including phenoxy) is 1. The molecule has 1 aromatic rings. The number of hydrogen-bond acceptors (Lipinski definition) is 3. The summed E-state index contributed by atoms with van der Waals surface area (Å²) in [4.78, 5) is 1.31. The van der Waals surface area contributed by atoms with Crippen molar-refractivity contribution in [2.75, 3.05) is 13.7 Å². The monoisotopic (exact) mass is 251 g/mol. The number of methoxy groups -OCH3 is 1. The predicted molar refractivity (Wildman–Crippen MR) is 73.9 cm³/mol. The van der Waals surface area contributed by atoms with Crippen LogP contribution in [0.4, 0.5) is 0 Å². The van der Waals surface area contributed by atoms with E-state index in [-0.39, 0.29) is 0 Å². The summed E-state index contributed by atoms with van der Waals surface area (Å²) in [5, 5.41) is 4.22. The van der Waals surface area contributed by atoms with Crippen LogP contribution in [-0.2, 0) is 0 Å². The third kappa shape index (κ3) is 2.31. The van der Waals surface area contributed by atoms with E-state index in [2.05, 4.69) is 44.3 Å². The van der Waals surface area contributed by atoms with Gasteiger partial charge in [0, 0.05) is 11.3 Å². The lowest BCUT2D eigenvalue weighted by Gasteiger charge is -2.36. The van der Waals surface area contributed by atoms with Gasteiger partial charge in [-0.15, -0.1) is 11.8 Å². The van der Waals surface area contributed by atoms with E-state index in [4.69, 9.17) is 4.74 Å². The molecule has 94 valence electrons. The van der Waals surface area contributed by atoms with Gasteiger partial charge in [0.05, 0.1) is 12.0 Å².